The summed E-state index contributed by atoms with van der Waals surface area (Å²) in [7, 11) is 0. The van der Waals surface area contributed by atoms with Crippen LogP contribution < -0.4 is 11.1 Å². The van der Waals surface area contributed by atoms with E-state index >= 15 is 0 Å². The molecule has 1 heterocycles. The van der Waals surface area contributed by atoms with E-state index in [1.165, 1.54) is 6.34 Å². The maximum Gasteiger partial charge on any atom is 0.223 e. The van der Waals surface area contributed by atoms with Crippen LogP contribution in [0.15, 0.2) is 22.4 Å². The van der Waals surface area contributed by atoms with E-state index in [2.05, 4.69) is 21.9 Å². The minimum atomic E-state index is 0.244. The Morgan fingerprint density at radius 3 is 2.88 bits per heavy atom. The van der Waals surface area contributed by atoms with E-state index in [0.717, 1.165) is 0 Å². The minimum absolute atomic E-state index is 0.244. The largest absolute Gasteiger partial charge is 0.368 e. The van der Waals surface area contributed by atoms with Gasteiger partial charge in [-0.3, -0.25) is 0 Å². The Kier molecular flexibility index (Phi) is 0.997. The van der Waals surface area contributed by atoms with Crippen LogP contribution in [0.3, 0.4) is 0 Å². The van der Waals surface area contributed by atoms with Gasteiger partial charge in [0.05, 0.1) is 6.34 Å². The number of hydrogen-bond acceptors (Lipinski definition) is 4. The third-order valence-corrected chi connectivity index (χ3v) is 0.677. The summed E-state index contributed by atoms with van der Waals surface area (Å²) < 4.78 is 0. The third kappa shape index (κ3) is 0.841. The summed E-state index contributed by atoms with van der Waals surface area (Å²) in [5.41, 5.74) is 5.18. The Labute approximate surface area is 46.8 Å². The molecule has 42 valence electrons. The zero-order valence-electron chi connectivity index (χ0n) is 4.26. The van der Waals surface area contributed by atoms with E-state index in [-0.39, 0.29) is 5.96 Å². The highest BCUT2D eigenvalue weighted by Gasteiger charge is 1.93. The van der Waals surface area contributed by atoms with Gasteiger partial charge in [0.1, 0.15) is 5.82 Å². The molecular weight excluding hydrogens is 104 g/mol. The molecule has 4 nitrogen and oxygen atoms in total. The molecule has 0 radical (unpaired) electrons. The van der Waals surface area contributed by atoms with Crippen LogP contribution in [0.25, 0.3) is 0 Å². The molecule has 0 unspecified atom stereocenters. The van der Waals surface area contributed by atoms with Gasteiger partial charge in [0, 0.05) is 0 Å². The zero-order chi connectivity index (χ0) is 5.98. The van der Waals surface area contributed by atoms with Crippen LogP contribution in [-0.4, -0.2) is 12.3 Å². The summed E-state index contributed by atoms with van der Waals surface area (Å²) in [5, 5.41) is 2.66. The van der Waals surface area contributed by atoms with Crippen molar-refractivity contribution >= 4 is 12.3 Å². The predicted molar refractivity (Wildman–Crippen MR) is 32.4 cm³/mol. The summed E-state index contributed by atoms with van der Waals surface area (Å²) in [6.07, 6.45) is 1.45. The molecule has 0 spiro atoms. The molecule has 0 aliphatic carbocycles. The lowest BCUT2D eigenvalue weighted by molar-refractivity contribution is 1.08. The fraction of sp³-hybridized carbons (Fsp3) is 0. The van der Waals surface area contributed by atoms with Crippen molar-refractivity contribution in [1.29, 1.82) is 0 Å². The molecule has 0 fully saturated rings. The standard InChI is InChI=1S/C4H6N4/c1-3-6-2-7-4(5)8-3/h2H,1H2,(H3,5,6,7,8). The molecule has 4 heteroatoms. The van der Waals surface area contributed by atoms with Gasteiger partial charge in [-0.05, 0) is 0 Å². The Morgan fingerprint density at radius 1 is 1.75 bits per heavy atom. The normalized spacial score (nSPS) is 17.5. The summed E-state index contributed by atoms with van der Waals surface area (Å²) in [6.45, 7) is 3.49. The molecule has 1 aliphatic rings. The number of rotatable bonds is 0. The average Bonchev–Trinajstić information content (AvgIpc) is 1.64. The van der Waals surface area contributed by atoms with Crippen molar-refractivity contribution in [2.24, 2.45) is 15.7 Å². The number of nitrogens with zero attached hydrogens (tertiary/aromatic N) is 2. The molecule has 0 aromatic heterocycles. The lowest BCUT2D eigenvalue weighted by Gasteiger charge is -2.02. The lowest BCUT2D eigenvalue weighted by atomic mass is 10.7. The van der Waals surface area contributed by atoms with E-state index in [1.807, 2.05) is 0 Å². The molecule has 0 aromatic carbocycles. The van der Waals surface area contributed by atoms with E-state index in [0.29, 0.717) is 5.82 Å². The molecular formula is C4H6N4. The van der Waals surface area contributed by atoms with Crippen molar-refractivity contribution in [3.63, 3.8) is 0 Å². The zero-order valence-corrected chi connectivity index (χ0v) is 4.26. The number of hydrogen-bond donors (Lipinski definition) is 2. The number of aliphatic imine (C=N–C) groups is 2. The maximum atomic E-state index is 5.18. The molecule has 3 N–H and O–H groups in total. The first-order valence-electron chi connectivity index (χ1n) is 2.11. The topological polar surface area (TPSA) is 62.8 Å². The average molecular weight is 110 g/mol. The highest BCUT2D eigenvalue weighted by atomic mass is 15.2. The summed E-state index contributed by atoms with van der Waals surface area (Å²) in [5.74, 6) is 0.770. The van der Waals surface area contributed by atoms with Crippen LogP contribution in [-0.2, 0) is 0 Å². The van der Waals surface area contributed by atoms with Crippen LogP contribution in [0.2, 0.25) is 0 Å². The first kappa shape index (κ1) is 4.83. The van der Waals surface area contributed by atoms with Crippen LogP contribution in [0.5, 0.6) is 0 Å². The molecule has 1 aliphatic heterocycles. The van der Waals surface area contributed by atoms with Crippen molar-refractivity contribution in [2.45, 2.75) is 0 Å². The van der Waals surface area contributed by atoms with Crippen molar-refractivity contribution < 1.29 is 0 Å². The SMILES string of the molecule is C=C1N=C(N)N=CN1. The number of guanidine groups is 1. The van der Waals surface area contributed by atoms with Crippen LogP contribution in [0.4, 0.5) is 0 Å². The van der Waals surface area contributed by atoms with E-state index < -0.39 is 0 Å². The Morgan fingerprint density at radius 2 is 2.50 bits per heavy atom. The van der Waals surface area contributed by atoms with Crippen molar-refractivity contribution in [1.82, 2.24) is 5.32 Å². The summed E-state index contributed by atoms with van der Waals surface area (Å²) in [4.78, 5) is 7.28. The fourth-order valence-corrected chi connectivity index (χ4v) is 0.372. The first-order valence-corrected chi connectivity index (χ1v) is 2.11. The van der Waals surface area contributed by atoms with Crippen LogP contribution >= 0.6 is 0 Å². The molecule has 1 rings (SSSR count). The third-order valence-electron chi connectivity index (χ3n) is 0.677. The maximum absolute atomic E-state index is 5.18. The first-order chi connectivity index (χ1) is 3.79. The Balaban J connectivity index is 2.77. The fourth-order valence-electron chi connectivity index (χ4n) is 0.372. The minimum Gasteiger partial charge on any atom is -0.368 e. The smallest absolute Gasteiger partial charge is 0.223 e. The summed E-state index contributed by atoms with van der Waals surface area (Å²) >= 11 is 0. The second-order valence-electron chi connectivity index (χ2n) is 1.32. The van der Waals surface area contributed by atoms with Crippen molar-refractivity contribution in [3.8, 4) is 0 Å². The second kappa shape index (κ2) is 1.65. The number of nitrogens with two attached hydrogens (primary N) is 1. The van der Waals surface area contributed by atoms with Gasteiger partial charge in [0.2, 0.25) is 5.96 Å². The van der Waals surface area contributed by atoms with Crippen molar-refractivity contribution in [3.05, 3.63) is 12.4 Å². The van der Waals surface area contributed by atoms with Gasteiger partial charge in [0.25, 0.3) is 0 Å². The monoisotopic (exact) mass is 110 g/mol. The van der Waals surface area contributed by atoms with Crippen LogP contribution in [0, 0.1) is 0 Å². The van der Waals surface area contributed by atoms with Gasteiger partial charge in [-0.25, -0.2) is 4.99 Å². The van der Waals surface area contributed by atoms with Crippen LogP contribution in [0.1, 0.15) is 0 Å². The molecule has 0 saturated heterocycles. The molecule has 0 amide bonds. The molecule has 0 saturated carbocycles. The van der Waals surface area contributed by atoms with E-state index in [4.69, 9.17) is 5.73 Å². The quantitative estimate of drug-likeness (QED) is 0.437. The van der Waals surface area contributed by atoms with E-state index in [1.54, 1.807) is 0 Å². The molecule has 0 bridgehead atoms. The van der Waals surface area contributed by atoms with E-state index in [9.17, 15) is 0 Å². The highest BCUT2D eigenvalue weighted by Crippen LogP contribution is 1.88. The van der Waals surface area contributed by atoms with Gasteiger partial charge in [0.15, 0.2) is 0 Å². The predicted octanol–water partition coefficient (Wildman–Crippen LogP) is -0.596. The Hall–Kier alpha value is -1.32. The van der Waals surface area contributed by atoms with Gasteiger partial charge in [-0.15, -0.1) is 0 Å². The molecule has 0 aromatic rings. The van der Waals surface area contributed by atoms with Gasteiger partial charge in [-0.2, -0.15) is 4.99 Å². The lowest BCUT2D eigenvalue weighted by Crippen LogP contribution is -2.20. The van der Waals surface area contributed by atoms with Gasteiger partial charge < -0.3 is 11.1 Å². The van der Waals surface area contributed by atoms with Crippen molar-refractivity contribution in [2.75, 3.05) is 0 Å². The van der Waals surface area contributed by atoms with Gasteiger partial charge >= 0.3 is 0 Å². The highest BCUT2D eigenvalue weighted by molar-refractivity contribution is 5.88. The second-order valence-corrected chi connectivity index (χ2v) is 1.32. The molecule has 8 heavy (non-hydrogen) atoms. The summed E-state index contributed by atoms with van der Waals surface area (Å²) in [6, 6.07) is 0. The molecule has 0 atom stereocenters. The number of nitrogens with one attached hydrogen (secondary N) is 1. The van der Waals surface area contributed by atoms with Gasteiger partial charge in [-0.1, -0.05) is 6.58 Å². The Bertz CT molecular complexity index is 167.